The summed E-state index contributed by atoms with van der Waals surface area (Å²) in [6.45, 7) is 0.327. The number of thiazole rings is 1. The van der Waals surface area contributed by atoms with Crippen molar-refractivity contribution < 1.29 is 13.6 Å². The summed E-state index contributed by atoms with van der Waals surface area (Å²) in [5.74, 6) is 1.16. The number of rotatable bonds is 5. The number of nitrogens with zero attached hydrogens (tertiary/aromatic N) is 1. The summed E-state index contributed by atoms with van der Waals surface area (Å²) in [7, 11) is 0. The first-order valence-corrected chi connectivity index (χ1v) is 8.53. The fraction of sp³-hybridized carbons (Fsp3) is 0.0526. The molecule has 4 rings (SSSR count). The van der Waals surface area contributed by atoms with E-state index in [1.54, 1.807) is 24.7 Å². The molecule has 0 atom stereocenters. The molecule has 0 aliphatic carbocycles. The third-order valence-electron chi connectivity index (χ3n) is 3.62. The van der Waals surface area contributed by atoms with Crippen molar-refractivity contribution in [1.82, 2.24) is 10.3 Å². The molecule has 0 radical (unpaired) electrons. The lowest BCUT2D eigenvalue weighted by atomic mass is 10.1. The minimum atomic E-state index is -0.189. The molecular weight excluding hydrogens is 336 g/mol. The molecule has 1 N–H and O–H groups in total. The summed E-state index contributed by atoms with van der Waals surface area (Å²) in [6, 6.07) is 16.9. The number of carbonyl (C=O) groups excluding carboxylic acids is 1. The van der Waals surface area contributed by atoms with Gasteiger partial charge in [-0.3, -0.25) is 4.79 Å². The quantitative estimate of drug-likeness (QED) is 0.571. The van der Waals surface area contributed by atoms with E-state index in [0.717, 1.165) is 5.56 Å². The van der Waals surface area contributed by atoms with Gasteiger partial charge >= 0.3 is 0 Å². The van der Waals surface area contributed by atoms with Gasteiger partial charge in [-0.1, -0.05) is 30.3 Å². The second-order valence-electron chi connectivity index (χ2n) is 5.30. The Bertz CT molecular complexity index is 958. The van der Waals surface area contributed by atoms with Crippen LogP contribution in [0, 0.1) is 0 Å². The van der Waals surface area contributed by atoms with Gasteiger partial charge in [-0.25, -0.2) is 4.98 Å². The summed E-state index contributed by atoms with van der Waals surface area (Å²) < 4.78 is 10.7. The molecule has 0 fully saturated rings. The lowest BCUT2D eigenvalue weighted by Crippen LogP contribution is -2.22. The van der Waals surface area contributed by atoms with Crippen molar-refractivity contribution in [3.8, 4) is 22.0 Å². The van der Waals surface area contributed by atoms with Gasteiger partial charge in [0, 0.05) is 5.56 Å². The van der Waals surface area contributed by atoms with E-state index < -0.39 is 0 Å². The topological polar surface area (TPSA) is 68.3 Å². The van der Waals surface area contributed by atoms with E-state index in [4.69, 9.17) is 8.83 Å². The minimum absolute atomic E-state index is 0.189. The molecule has 124 valence electrons. The fourth-order valence-corrected chi connectivity index (χ4v) is 3.40. The zero-order valence-electron chi connectivity index (χ0n) is 13.1. The lowest BCUT2D eigenvalue weighted by Gasteiger charge is -2.03. The van der Waals surface area contributed by atoms with Crippen LogP contribution in [0.2, 0.25) is 0 Å². The van der Waals surface area contributed by atoms with Gasteiger partial charge in [0.05, 0.1) is 24.8 Å². The third-order valence-corrected chi connectivity index (χ3v) is 4.68. The van der Waals surface area contributed by atoms with E-state index in [-0.39, 0.29) is 5.91 Å². The van der Waals surface area contributed by atoms with Gasteiger partial charge in [0.1, 0.15) is 10.6 Å². The molecule has 25 heavy (non-hydrogen) atoms. The number of benzene rings is 1. The molecule has 0 saturated carbocycles. The number of carbonyl (C=O) groups is 1. The van der Waals surface area contributed by atoms with Gasteiger partial charge in [-0.05, 0) is 24.3 Å². The molecule has 3 heterocycles. The molecule has 0 unspecified atom stereocenters. The van der Waals surface area contributed by atoms with E-state index in [9.17, 15) is 4.79 Å². The largest absolute Gasteiger partial charge is 0.467 e. The van der Waals surface area contributed by atoms with Gasteiger partial charge in [0.25, 0.3) is 5.91 Å². The molecule has 1 aromatic carbocycles. The van der Waals surface area contributed by atoms with Crippen LogP contribution in [-0.4, -0.2) is 10.9 Å². The monoisotopic (exact) mass is 350 g/mol. The van der Waals surface area contributed by atoms with Crippen molar-refractivity contribution in [1.29, 1.82) is 0 Å². The van der Waals surface area contributed by atoms with Crippen LogP contribution in [0.25, 0.3) is 22.0 Å². The highest BCUT2D eigenvalue weighted by atomic mass is 32.1. The highest BCUT2D eigenvalue weighted by Crippen LogP contribution is 2.34. The van der Waals surface area contributed by atoms with Gasteiger partial charge < -0.3 is 14.2 Å². The molecule has 4 aromatic rings. The van der Waals surface area contributed by atoms with Crippen LogP contribution in [-0.2, 0) is 6.54 Å². The van der Waals surface area contributed by atoms with Crippen LogP contribution in [0.4, 0.5) is 0 Å². The number of nitrogens with one attached hydrogen (secondary N) is 1. The van der Waals surface area contributed by atoms with Crippen molar-refractivity contribution in [3.63, 3.8) is 0 Å². The summed E-state index contributed by atoms with van der Waals surface area (Å²) in [6.07, 6.45) is 3.17. The normalized spacial score (nSPS) is 10.7. The minimum Gasteiger partial charge on any atom is -0.467 e. The Balaban J connectivity index is 1.68. The summed E-state index contributed by atoms with van der Waals surface area (Å²) in [4.78, 5) is 17.9. The Morgan fingerprint density at radius 2 is 1.80 bits per heavy atom. The van der Waals surface area contributed by atoms with Gasteiger partial charge in [-0.2, -0.15) is 0 Å². The predicted molar refractivity (Wildman–Crippen MR) is 95.1 cm³/mol. The van der Waals surface area contributed by atoms with E-state index in [2.05, 4.69) is 10.3 Å². The van der Waals surface area contributed by atoms with E-state index in [1.165, 1.54) is 11.3 Å². The van der Waals surface area contributed by atoms with Gasteiger partial charge in [-0.15, -0.1) is 11.3 Å². The standard InChI is InChI=1S/C19H14N2O3S/c22-18(20-12-14-8-4-10-23-14)17-16(13-6-2-1-3-7-13)21-19(25-17)15-9-5-11-24-15/h1-11H,12H2,(H,20,22). The molecule has 0 aliphatic heterocycles. The predicted octanol–water partition coefficient (Wildman–Crippen LogP) is 4.59. The molecule has 6 heteroatoms. The number of hydrogen-bond donors (Lipinski definition) is 1. The molecule has 5 nitrogen and oxygen atoms in total. The van der Waals surface area contributed by atoms with Gasteiger partial charge in [0.15, 0.2) is 10.8 Å². The zero-order chi connectivity index (χ0) is 17.1. The first kappa shape index (κ1) is 15.4. The molecule has 0 saturated heterocycles. The fourth-order valence-electron chi connectivity index (χ4n) is 2.43. The smallest absolute Gasteiger partial charge is 0.264 e. The van der Waals surface area contributed by atoms with Crippen molar-refractivity contribution in [2.45, 2.75) is 6.54 Å². The molecule has 0 aliphatic rings. The Morgan fingerprint density at radius 1 is 1.00 bits per heavy atom. The van der Waals surface area contributed by atoms with Crippen LogP contribution >= 0.6 is 11.3 Å². The van der Waals surface area contributed by atoms with Crippen molar-refractivity contribution in [2.75, 3.05) is 0 Å². The average molecular weight is 350 g/mol. The second-order valence-corrected chi connectivity index (χ2v) is 6.30. The Morgan fingerprint density at radius 3 is 2.52 bits per heavy atom. The lowest BCUT2D eigenvalue weighted by molar-refractivity contribution is 0.0952. The van der Waals surface area contributed by atoms with Crippen molar-refractivity contribution in [3.05, 3.63) is 77.8 Å². The maximum Gasteiger partial charge on any atom is 0.264 e. The molecule has 0 spiro atoms. The first-order chi connectivity index (χ1) is 12.3. The highest BCUT2D eigenvalue weighted by Gasteiger charge is 2.21. The first-order valence-electron chi connectivity index (χ1n) is 7.72. The summed E-state index contributed by atoms with van der Waals surface area (Å²) >= 11 is 1.31. The van der Waals surface area contributed by atoms with Crippen LogP contribution in [0.5, 0.6) is 0 Å². The zero-order valence-corrected chi connectivity index (χ0v) is 14.0. The third kappa shape index (κ3) is 3.25. The van der Waals surface area contributed by atoms with Crippen molar-refractivity contribution >= 4 is 17.2 Å². The second kappa shape index (κ2) is 6.78. The van der Waals surface area contributed by atoms with Gasteiger partial charge in [0.2, 0.25) is 0 Å². The number of aromatic nitrogens is 1. The molecular formula is C19H14N2O3S. The molecule has 0 bridgehead atoms. The van der Waals surface area contributed by atoms with E-state index >= 15 is 0 Å². The van der Waals surface area contributed by atoms with Crippen LogP contribution in [0.15, 0.2) is 76.0 Å². The Kier molecular flexibility index (Phi) is 4.18. The van der Waals surface area contributed by atoms with Crippen LogP contribution in [0.3, 0.4) is 0 Å². The maximum atomic E-state index is 12.7. The Labute approximate surface area is 147 Å². The summed E-state index contributed by atoms with van der Waals surface area (Å²) in [5.41, 5.74) is 1.54. The Hall–Kier alpha value is -3.12. The van der Waals surface area contributed by atoms with Crippen LogP contribution < -0.4 is 5.32 Å². The number of amides is 1. The molecule has 3 aromatic heterocycles. The van der Waals surface area contributed by atoms with Crippen molar-refractivity contribution in [2.24, 2.45) is 0 Å². The summed E-state index contributed by atoms with van der Waals surface area (Å²) in [5, 5.41) is 3.55. The molecule has 1 amide bonds. The number of furan rings is 2. The average Bonchev–Trinajstić information content (AvgIpc) is 3.41. The van der Waals surface area contributed by atoms with E-state index in [1.807, 2.05) is 42.5 Å². The highest BCUT2D eigenvalue weighted by molar-refractivity contribution is 7.17. The SMILES string of the molecule is O=C(NCc1ccco1)c1sc(-c2ccco2)nc1-c1ccccc1. The van der Waals surface area contributed by atoms with E-state index in [0.29, 0.717) is 33.6 Å². The number of hydrogen-bond acceptors (Lipinski definition) is 5. The maximum absolute atomic E-state index is 12.7. The van der Waals surface area contributed by atoms with Crippen LogP contribution in [0.1, 0.15) is 15.4 Å².